The smallest absolute Gasteiger partial charge is 0.294 e. The van der Waals surface area contributed by atoms with Crippen molar-refractivity contribution in [2.45, 2.75) is 25.9 Å². The van der Waals surface area contributed by atoms with Crippen LogP contribution in [-0.2, 0) is 11.4 Å². The second-order valence-corrected chi connectivity index (χ2v) is 8.75. The molecule has 2 aliphatic heterocycles. The first-order valence-corrected chi connectivity index (χ1v) is 11.2. The standard InChI is InChI=1S/C23H23ClN2O3S/c24-19-10-4-2-9-18(19)15-29-20-11-5-3-8-17(20)14-21-22(27)26(23(28)30-21)16-25-12-6-1-7-13-25/h2-5,8-11,14H,1,6-7,12-13,15-16H2. The maximum Gasteiger partial charge on any atom is 0.294 e. The molecule has 4 rings (SSSR count). The topological polar surface area (TPSA) is 49.9 Å². The molecular weight excluding hydrogens is 420 g/mol. The number of hydrogen-bond donors (Lipinski definition) is 0. The van der Waals surface area contributed by atoms with Gasteiger partial charge in [0.15, 0.2) is 0 Å². The van der Waals surface area contributed by atoms with E-state index in [2.05, 4.69) is 4.90 Å². The Balaban J connectivity index is 1.48. The minimum absolute atomic E-state index is 0.216. The average Bonchev–Trinajstić information content (AvgIpc) is 3.02. The molecule has 30 heavy (non-hydrogen) atoms. The number of amides is 2. The normalized spacial score (nSPS) is 19.0. The van der Waals surface area contributed by atoms with Gasteiger partial charge in [0.2, 0.25) is 0 Å². The number of ether oxygens (including phenoxy) is 1. The number of rotatable bonds is 6. The van der Waals surface area contributed by atoms with E-state index in [0.717, 1.165) is 48.8 Å². The Labute approximate surface area is 185 Å². The fraction of sp³-hybridized carbons (Fsp3) is 0.304. The van der Waals surface area contributed by atoms with Crippen molar-refractivity contribution in [3.8, 4) is 5.75 Å². The molecule has 2 aromatic rings. The van der Waals surface area contributed by atoms with Crippen LogP contribution >= 0.6 is 23.4 Å². The van der Waals surface area contributed by atoms with E-state index in [-0.39, 0.29) is 11.1 Å². The van der Waals surface area contributed by atoms with E-state index in [9.17, 15) is 9.59 Å². The highest BCUT2D eigenvalue weighted by molar-refractivity contribution is 8.18. The van der Waals surface area contributed by atoms with Gasteiger partial charge in [-0.25, -0.2) is 0 Å². The third-order valence-corrected chi connectivity index (χ3v) is 6.49. The molecule has 2 aliphatic rings. The number of likely N-dealkylation sites (tertiary alicyclic amines) is 1. The molecule has 2 fully saturated rings. The van der Waals surface area contributed by atoms with Gasteiger partial charge in [-0.1, -0.05) is 54.4 Å². The molecule has 2 aromatic carbocycles. The van der Waals surface area contributed by atoms with Gasteiger partial charge in [-0.15, -0.1) is 0 Å². The number of piperidine rings is 1. The number of nitrogens with zero attached hydrogens (tertiary/aromatic N) is 2. The van der Waals surface area contributed by atoms with E-state index < -0.39 is 0 Å². The Morgan fingerprint density at radius 1 is 1.00 bits per heavy atom. The van der Waals surface area contributed by atoms with Crippen LogP contribution < -0.4 is 4.74 Å². The number of imide groups is 1. The Morgan fingerprint density at radius 2 is 1.73 bits per heavy atom. The Kier molecular flexibility index (Phi) is 6.77. The highest BCUT2D eigenvalue weighted by atomic mass is 35.5. The number of para-hydroxylation sites is 1. The van der Waals surface area contributed by atoms with E-state index in [1.165, 1.54) is 11.3 Å². The maximum atomic E-state index is 12.9. The first kappa shape index (κ1) is 21.0. The van der Waals surface area contributed by atoms with Crippen LogP contribution in [0.5, 0.6) is 5.75 Å². The van der Waals surface area contributed by atoms with Crippen molar-refractivity contribution >= 4 is 40.6 Å². The monoisotopic (exact) mass is 442 g/mol. The largest absolute Gasteiger partial charge is 0.488 e. The molecule has 0 unspecified atom stereocenters. The van der Waals surface area contributed by atoms with E-state index in [0.29, 0.717) is 29.0 Å². The number of carbonyl (C=O) groups is 2. The first-order valence-electron chi connectivity index (χ1n) is 10.0. The van der Waals surface area contributed by atoms with E-state index >= 15 is 0 Å². The van der Waals surface area contributed by atoms with Crippen molar-refractivity contribution in [2.75, 3.05) is 19.8 Å². The SMILES string of the molecule is O=C1SC(=Cc2ccccc2OCc2ccccc2Cl)C(=O)N1CN1CCCCC1. The lowest BCUT2D eigenvalue weighted by molar-refractivity contribution is -0.124. The van der Waals surface area contributed by atoms with Crippen LogP contribution in [-0.4, -0.2) is 40.7 Å². The summed E-state index contributed by atoms with van der Waals surface area (Å²) >= 11 is 7.20. The van der Waals surface area contributed by atoms with Gasteiger partial charge in [0.25, 0.3) is 11.1 Å². The fourth-order valence-corrected chi connectivity index (χ4v) is 4.58. The molecule has 0 saturated carbocycles. The molecule has 0 atom stereocenters. The quantitative estimate of drug-likeness (QED) is 0.560. The molecule has 0 bridgehead atoms. The minimum atomic E-state index is -0.239. The van der Waals surface area contributed by atoms with Gasteiger partial charge in [0.05, 0.1) is 11.6 Å². The van der Waals surface area contributed by atoms with Gasteiger partial charge >= 0.3 is 0 Å². The van der Waals surface area contributed by atoms with Crippen molar-refractivity contribution in [3.63, 3.8) is 0 Å². The molecule has 0 radical (unpaired) electrons. The Morgan fingerprint density at radius 3 is 2.53 bits per heavy atom. The van der Waals surface area contributed by atoms with E-state index in [1.807, 2.05) is 48.5 Å². The van der Waals surface area contributed by atoms with Gasteiger partial charge in [-0.05, 0) is 55.9 Å². The first-order chi connectivity index (χ1) is 14.6. The number of benzene rings is 2. The fourth-order valence-electron chi connectivity index (χ4n) is 3.57. The average molecular weight is 443 g/mol. The summed E-state index contributed by atoms with van der Waals surface area (Å²) in [6.07, 6.45) is 5.18. The summed E-state index contributed by atoms with van der Waals surface area (Å²) in [6, 6.07) is 15.0. The van der Waals surface area contributed by atoms with Crippen molar-refractivity contribution in [1.82, 2.24) is 9.80 Å². The summed E-state index contributed by atoms with van der Waals surface area (Å²) in [5, 5.41) is 0.431. The molecule has 2 heterocycles. The van der Waals surface area contributed by atoms with Crippen LogP contribution in [0.3, 0.4) is 0 Å². The van der Waals surface area contributed by atoms with Crippen LogP contribution in [0.2, 0.25) is 5.02 Å². The molecule has 156 valence electrons. The second-order valence-electron chi connectivity index (χ2n) is 7.35. The predicted octanol–water partition coefficient (Wildman–Crippen LogP) is 5.40. The summed E-state index contributed by atoms with van der Waals surface area (Å²) in [7, 11) is 0. The van der Waals surface area contributed by atoms with Gasteiger partial charge < -0.3 is 4.74 Å². The van der Waals surface area contributed by atoms with Gasteiger partial charge in [0, 0.05) is 16.1 Å². The lowest BCUT2D eigenvalue weighted by Gasteiger charge is -2.29. The molecule has 0 aromatic heterocycles. The van der Waals surface area contributed by atoms with E-state index in [4.69, 9.17) is 16.3 Å². The highest BCUT2D eigenvalue weighted by Gasteiger charge is 2.36. The van der Waals surface area contributed by atoms with Crippen molar-refractivity contribution in [2.24, 2.45) is 0 Å². The lowest BCUT2D eigenvalue weighted by atomic mass is 10.1. The van der Waals surface area contributed by atoms with Gasteiger partial charge in [0.1, 0.15) is 12.4 Å². The number of hydrogen-bond acceptors (Lipinski definition) is 5. The molecule has 2 saturated heterocycles. The number of thioether (sulfide) groups is 1. The van der Waals surface area contributed by atoms with Crippen LogP contribution in [0.15, 0.2) is 53.4 Å². The summed E-state index contributed by atoms with van der Waals surface area (Å²) in [5.41, 5.74) is 1.64. The number of halogens is 1. The number of carbonyl (C=O) groups excluding carboxylic acids is 2. The molecule has 0 aliphatic carbocycles. The van der Waals surface area contributed by atoms with Crippen LogP contribution in [0.1, 0.15) is 30.4 Å². The third-order valence-electron chi connectivity index (χ3n) is 5.21. The predicted molar refractivity (Wildman–Crippen MR) is 120 cm³/mol. The summed E-state index contributed by atoms with van der Waals surface area (Å²) < 4.78 is 5.97. The second kappa shape index (κ2) is 9.69. The van der Waals surface area contributed by atoms with Crippen LogP contribution in [0.25, 0.3) is 6.08 Å². The highest BCUT2D eigenvalue weighted by Crippen LogP contribution is 2.34. The van der Waals surface area contributed by atoms with Crippen LogP contribution in [0, 0.1) is 0 Å². The zero-order chi connectivity index (χ0) is 20.9. The molecule has 7 heteroatoms. The van der Waals surface area contributed by atoms with E-state index in [1.54, 1.807) is 6.08 Å². The van der Waals surface area contributed by atoms with Gasteiger partial charge in [-0.3, -0.25) is 19.4 Å². The molecule has 5 nitrogen and oxygen atoms in total. The lowest BCUT2D eigenvalue weighted by Crippen LogP contribution is -2.42. The molecular formula is C23H23ClN2O3S. The van der Waals surface area contributed by atoms with Crippen molar-refractivity contribution < 1.29 is 14.3 Å². The Bertz CT molecular complexity index is 972. The maximum absolute atomic E-state index is 12.9. The molecule has 2 amide bonds. The minimum Gasteiger partial charge on any atom is -0.488 e. The molecule has 0 spiro atoms. The van der Waals surface area contributed by atoms with Crippen LogP contribution in [0.4, 0.5) is 4.79 Å². The molecule has 0 N–H and O–H groups in total. The van der Waals surface area contributed by atoms with Crippen molar-refractivity contribution in [3.05, 3.63) is 69.6 Å². The summed E-state index contributed by atoms with van der Waals surface area (Å²) in [5.74, 6) is 0.400. The summed E-state index contributed by atoms with van der Waals surface area (Å²) in [6.45, 7) is 2.55. The van der Waals surface area contributed by atoms with Crippen molar-refractivity contribution in [1.29, 1.82) is 0 Å². The summed E-state index contributed by atoms with van der Waals surface area (Å²) in [4.78, 5) is 29.2. The Hall–Kier alpha value is -2.28. The zero-order valence-corrected chi connectivity index (χ0v) is 18.1. The third kappa shape index (κ3) is 4.89. The van der Waals surface area contributed by atoms with Gasteiger partial charge in [-0.2, -0.15) is 0 Å². The zero-order valence-electron chi connectivity index (χ0n) is 16.6.